The maximum Gasteiger partial charge on any atom is 0.424 e. The third-order valence-corrected chi connectivity index (χ3v) is 6.27. The van der Waals surface area contributed by atoms with Gasteiger partial charge in [0.25, 0.3) is 11.1 Å². The van der Waals surface area contributed by atoms with Crippen molar-refractivity contribution in [3.8, 4) is 0 Å². The molecule has 206 valence electrons. The van der Waals surface area contributed by atoms with Gasteiger partial charge in [-0.05, 0) is 0 Å². The number of aliphatic imine (C=N–C) groups is 2. The Labute approximate surface area is 197 Å². The van der Waals surface area contributed by atoms with Crippen molar-refractivity contribution < 1.29 is 52.7 Å². The summed E-state index contributed by atoms with van der Waals surface area (Å²) in [4.78, 5) is 6.04. The summed E-state index contributed by atoms with van der Waals surface area (Å²) in [5, 5.41) is 0. The van der Waals surface area contributed by atoms with E-state index in [9.17, 15) is 52.7 Å². The Balaban J connectivity index is 2.54. The zero-order valence-corrected chi connectivity index (χ0v) is 19.6. The number of alkyl halides is 12. The summed E-state index contributed by atoms with van der Waals surface area (Å²) in [6.07, 6.45) is -24.5. The lowest BCUT2D eigenvalue weighted by molar-refractivity contribution is -0.331. The molecule has 4 nitrogen and oxygen atoms in total. The molecule has 0 amide bonds. The molecule has 0 radical (unpaired) electrons. The molecule has 0 bridgehead atoms. The van der Waals surface area contributed by atoms with Crippen LogP contribution in [0.2, 0.25) is 0 Å². The minimum Gasteiger partial charge on any atom is -0.326 e. The van der Waals surface area contributed by atoms with Gasteiger partial charge in [0.05, 0.1) is 0 Å². The maximum atomic E-state index is 14.4. The lowest BCUT2D eigenvalue weighted by Gasteiger charge is -2.51. The van der Waals surface area contributed by atoms with E-state index in [1.165, 1.54) is 0 Å². The van der Waals surface area contributed by atoms with Crippen molar-refractivity contribution in [3.63, 3.8) is 0 Å². The van der Waals surface area contributed by atoms with Gasteiger partial charge in [0, 0.05) is 23.2 Å². The van der Waals surface area contributed by atoms with Gasteiger partial charge in [-0.15, -0.1) is 0 Å². The van der Waals surface area contributed by atoms with Crippen LogP contribution in [-0.2, 0) is 0 Å². The summed E-state index contributed by atoms with van der Waals surface area (Å²) in [5.74, 6) is -1.94. The fourth-order valence-electron chi connectivity index (χ4n) is 4.84. The normalized spacial score (nSPS) is 26.6. The summed E-state index contributed by atoms with van der Waals surface area (Å²) in [5.41, 5.74) is -13.9. The lowest BCUT2D eigenvalue weighted by atomic mass is 9.74. The van der Waals surface area contributed by atoms with Crippen molar-refractivity contribution in [3.05, 3.63) is 12.4 Å². The molecule has 3 aliphatic heterocycles. The first kappa shape index (κ1) is 28.4. The zero-order chi connectivity index (χ0) is 28.3. The molecule has 36 heavy (non-hydrogen) atoms. The topological polar surface area (TPSA) is 31.2 Å². The van der Waals surface area contributed by atoms with Crippen LogP contribution in [0.15, 0.2) is 22.4 Å². The van der Waals surface area contributed by atoms with E-state index in [0.717, 1.165) is 41.5 Å². The Hall–Kier alpha value is -2.16. The molecule has 0 fully saturated rings. The van der Waals surface area contributed by atoms with Crippen LogP contribution in [0, 0.1) is 10.8 Å². The monoisotopic (exact) mass is 546 g/mol. The fourth-order valence-corrected chi connectivity index (χ4v) is 4.84. The number of hydrogen-bond donors (Lipinski definition) is 0. The van der Waals surface area contributed by atoms with Gasteiger partial charge in [0.2, 0.25) is 0 Å². The Bertz CT molecular complexity index is 891. The van der Waals surface area contributed by atoms with E-state index in [4.69, 9.17) is 0 Å². The molecule has 0 aromatic rings. The Morgan fingerprint density at radius 1 is 0.528 bits per heavy atom. The largest absolute Gasteiger partial charge is 0.424 e. The number of rotatable bonds is 0. The van der Waals surface area contributed by atoms with Gasteiger partial charge in [-0.2, -0.15) is 52.7 Å². The van der Waals surface area contributed by atoms with Gasteiger partial charge >= 0.3 is 24.7 Å². The minimum absolute atomic E-state index is 0.134. The molecule has 3 aliphatic rings. The maximum absolute atomic E-state index is 14.4. The highest BCUT2D eigenvalue weighted by molar-refractivity contribution is 5.94. The summed E-state index contributed by atoms with van der Waals surface area (Å²) in [7, 11) is 0. The molecule has 0 N–H and O–H groups in total. The number of halogens is 12. The van der Waals surface area contributed by atoms with Crippen LogP contribution in [0.1, 0.15) is 41.5 Å². The molecule has 0 saturated carbocycles. The van der Waals surface area contributed by atoms with Crippen LogP contribution in [-0.4, -0.2) is 69.3 Å². The Morgan fingerprint density at radius 2 is 0.750 bits per heavy atom. The van der Waals surface area contributed by atoms with Crippen molar-refractivity contribution >= 4 is 11.7 Å². The van der Waals surface area contributed by atoms with E-state index in [1.54, 1.807) is 0 Å². The van der Waals surface area contributed by atoms with Crippen LogP contribution >= 0.6 is 0 Å². The van der Waals surface area contributed by atoms with Crippen LogP contribution in [0.25, 0.3) is 0 Å². The van der Waals surface area contributed by atoms with Crippen molar-refractivity contribution in [2.24, 2.45) is 20.8 Å². The van der Waals surface area contributed by atoms with Crippen LogP contribution < -0.4 is 0 Å². The van der Waals surface area contributed by atoms with Crippen molar-refractivity contribution in [1.29, 1.82) is 0 Å². The van der Waals surface area contributed by atoms with Gasteiger partial charge in [-0.1, -0.05) is 41.5 Å². The van der Waals surface area contributed by atoms with Crippen LogP contribution in [0.5, 0.6) is 0 Å². The van der Waals surface area contributed by atoms with E-state index in [1.807, 2.05) is 0 Å². The van der Waals surface area contributed by atoms with Gasteiger partial charge < -0.3 is 9.80 Å². The standard InChI is InChI=1S/C20H22F12N4/c1-13(2,3)11-33-15(17(21,22)23,18(24,25)26)9-10-16(19(27,28)29,20(30,31)32)34-12(14(4,5)6)36(10)8-7-35(9)11/h7-10H,1-6H3. The van der Waals surface area contributed by atoms with E-state index >= 15 is 0 Å². The highest BCUT2D eigenvalue weighted by atomic mass is 19.4. The molecular weight excluding hydrogens is 524 g/mol. The van der Waals surface area contributed by atoms with Gasteiger partial charge in [-0.3, -0.25) is 0 Å². The van der Waals surface area contributed by atoms with E-state index in [2.05, 4.69) is 9.98 Å². The molecule has 0 aromatic carbocycles. The quantitative estimate of drug-likeness (QED) is 0.327. The second-order valence-electron chi connectivity index (χ2n) is 10.9. The molecule has 3 heterocycles. The van der Waals surface area contributed by atoms with Crippen molar-refractivity contribution in [2.45, 2.75) is 89.4 Å². The van der Waals surface area contributed by atoms with Crippen LogP contribution in [0.4, 0.5) is 52.7 Å². The van der Waals surface area contributed by atoms with Crippen molar-refractivity contribution in [1.82, 2.24) is 9.80 Å². The molecule has 2 atom stereocenters. The number of amidine groups is 2. The van der Waals surface area contributed by atoms with E-state index in [-0.39, 0.29) is 9.80 Å². The molecule has 3 rings (SSSR count). The van der Waals surface area contributed by atoms with Gasteiger partial charge in [0.1, 0.15) is 23.8 Å². The van der Waals surface area contributed by atoms with Gasteiger partial charge in [0.15, 0.2) is 0 Å². The highest BCUT2D eigenvalue weighted by Gasteiger charge is 2.88. The second-order valence-corrected chi connectivity index (χ2v) is 10.9. The highest BCUT2D eigenvalue weighted by Crippen LogP contribution is 2.62. The second kappa shape index (κ2) is 7.23. The summed E-state index contributed by atoms with van der Waals surface area (Å²) < 4.78 is 173. The predicted octanol–water partition coefficient (Wildman–Crippen LogP) is 6.46. The SMILES string of the molecule is CC(C)(C)C1=NC(C(F)(F)F)(C(F)(F)F)C2C3N(C=CN12)C(C(C)(C)C)=NC3(C(F)(F)F)C(F)(F)F. The Morgan fingerprint density at radius 3 is 0.917 bits per heavy atom. The average Bonchev–Trinajstić information content (AvgIpc) is 3.13. The zero-order valence-electron chi connectivity index (χ0n) is 19.6. The molecule has 0 aromatic heterocycles. The molecule has 0 saturated heterocycles. The first-order valence-corrected chi connectivity index (χ1v) is 10.4. The molecular formula is C20H22F12N4. The Kier molecular flexibility index (Phi) is 5.71. The fraction of sp³-hybridized carbons (Fsp3) is 0.800. The smallest absolute Gasteiger partial charge is 0.326 e. The number of nitrogens with zero attached hydrogens (tertiary/aromatic N) is 4. The van der Waals surface area contributed by atoms with Crippen LogP contribution in [0.3, 0.4) is 0 Å². The average molecular weight is 546 g/mol. The number of fused-ring (bicyclic) bond motifs is 3. The third-order valence-electron chi connectivity index (χ3n) is 6.27. The molecule has 2 unspecified atom stereocenters. The molecule has 0 aliphatic carbocycles. The summed E-state index contributed by atoms with van der Waals surface area (Å²) in [6, 6.07) is -7.08. The third kappa shape index (κ3) is 3.51. The van der Waals surface area contributed by atoms with Gasteiger partial charge in [-0.25, -0.2) is 9.98 Å². The minimum atomic E-state index is -6.43. The predicted molar refractivity (Wildman–Crippen MR) is 104 cm³/mol. The van der Waals surface area contributed by atoms with E-state index in [0.29, 0.717) is 12.4 Å². The van der Waals surface area contributed by atoms with Crippen molar-refractivity contribution in [2.75, 3.05) is 0 Å². The summed E-state index contributed by atoms with van der Waals surface area (Å²) >= 11 is 0. The number of hydrogen-bond acceptors (Lipinski definition) is 4. The molecule has 0 spiro atoms. The molecule has 16 heteroatoms. The first-order valence-electron chi connectivity index (χ1n) is 10.4. The summed E-state index contributed by atoms with van der Waals surface area (Å²) in [6.45, 7) is 6.82. The van der Waals surface area contributed by atoms with E-state index < -0.39 is 70.4 Å². The first-order chi connectivity index (χ1) is 15.7. The lowest BCUT2D eigenvalue weighted by Crippen LogP contribution is -2.77.